The van der Waals surface area contributed by atoms with Gasteiger partial charge in [-0.1, -0.05) is 57.1 Å². The molecule has 1 aliphatic heterocycles. The van der Waals surface area contributed by atoms with Crippen molar-refractivity contribution < 1.29 is 9.59 Å². The number of nitrogens with zero attached hydrogens (tertiary/aromatic N) is 2. The molecule has 0 spiro atoms. The van der Waals surface area contributed by atoms with Gasteiger partial charge in [0.1, 0.15) is 0 Å². The van der Waals surface area contributed by atoms with Gasteiger partial charge in [0.25, 0.3) is 11.8 Å². The van der Waals surface area contributed by atoms with Crippen LogP contribution in [0.4, 0.5) is 0 Å². The molecule has 0 saturated heterocycles. The van der Waals surface area contributed by atoms with Crippen LogP contribution in [0.5, 0.6) is 0 Å². The Kier molecular flexibility index (Phi) is 7.02. The number of carbonyl (C=O) groups is 2. The van der Waals surface area contributed by atoms with Crippen molar-refractivity contribution in [2.24, 2.45) is 0 Å². The first-order valence-electron chi connectivity index (χ1n) is 12.0. The van der Waals surface area contributed by atoms with Gasteiger partial charge in [-0.2, -0.15) is 0 Å². The van der Waals surface area contributed by atoms with Crippen molar-refractivity contribution in [1.82, 2.24) is 9.80 Å². The van der Waals surface area contributed by atoms with Crippen LogP contribution in [0.25, 0.3) is 0 Å². The Labute approximate surface area is 175 Å². The van der Waals surface area contributed by atoms with E-state index in [0.717, 1.165) is 24.9 Å². The highest BCUT2D eigenvalue weighted by Crippen LogP contribution is 2.30. The van der Waals surface area contributed by atoms with E-state index < -0.39 is 0 Å². The fourth-order valence-corrected chi connectivity index (χ4v) is 5.67. The molecule has 4 rings (SSSR count). The van der Waals surface area contributed by atoms with Crippen LogP contribution in [0.15, 0.2) is 24.3 Å². The summed E-state index contributed by atoms with van der Waals surface area (Å²) in [5.74, 6) is -0.228. The zero-order chi connectivity index (χ0) is 20.1. The number of hydrogen-bond donors (Lipinski definition) is 0. The van der Waals surface area contributed by atoms with Crippen molar-refractivity contribution in [1.29, 1.82) is 0 Å². The Morgan fingerprint density at radius 2 is 1.24 bits per heavy atom. The molecular formula is C25H36N2O2. The Balaban J connectivity index is 1.25. The van der Waals surface area contributed by atoms with Crippen LogP contribution in [0, 0.1) is 0 Å². The molecule has 1 heterocycles. The normalized spacial score (nSPS) is 21.2. The molecule has 0 radical (unpaired) electrons. The minimum Gasteiger partial charge on any atom is -0.297 e. The topological polar surface area (TPSA) is 40.6 Å². The van der Waals surface area contributed by atoms with Gasteiger partial charge in [-0.05, 0) is 57.2 Å². The largest absolute Gasteiger partial charge is 0.297 e. The SMILES string of the molecule is O=C1c2ccccc2C(=O)N1CCCCCN(C1CCCCC1)C1CCCCC1. The highest BCUT2D eigenvalue weighted by Gasteiger charge is 2.34. The average molecular weight is 397 g/mol. The standard InChI is InChI=1S/C25H36N2O2/c28-24-22-16-8-9-17-23(22)25(29)27(24)19-11-3-10-18-26(20-12-4-1-5-13-20)21-14-6-2-7-15-21/h8-9,16-17,20-21H,1-7,10-15,18-19H2. The van der Waals surface area contributed by atoms with Gasteiger partial charge >= 0.3 is 0 Å². The van der Waals surface area contributed by atoms with Crippen molar-refractivity contribution in [2.45, 2.75) is 95.6 Å². The van der Waals surface area contributed by atoms with E-state index in [4.69, 9.17) is 0 Å². The zero-order valence-corrected chi connectivity index (χ0v) is 17.8. The molecule has 0 bridgehead atoms. The summed E-state index contributed by atoms with van der Waals surface area (Å²) in [5.41, 5.74) is 1.14. The second-order valence-electron chi connectivity index (χ2n) is 9.19. The highest BCUT2D eigenvalue weighted by molar-refractivity contribution is 6.21. The average Bonchev–Trinajstić information content (AvgIpc) is 3.02. The lowest BCUT2D eigenvalue weighted by molar-refractivity contribution is 0.0646. The lowest BCUT2D eigenvalue weighted by Gasteiger charge is -2.42. The lowest BCUT2D eigenvalue weighted by atomic mass is 9.88. The lowest BCUT2D eigenvalue weighted by Crippen LogP contribution is -2.45. The Bertz CT molecular complexity index is 652. The maximum absolute atomic E-state index is 12.5. The van der Waals surface area contributed by atoms with Crippen LogP contribution >= 0.6 is 0 Å². The summed E-state index contributed by atoms with van der Waals surface area (Å²) >= 11 is 0. The highest BCUT2D eigenvalue weighted by atomic mass is 16.2. The number of unbranched alkanes of at least 4 members (excludes halogenated alkanes) is 2. The first kappa shape index (κ1) is 20.6. The molecule has 1 aromatic rings. The van der Waals surface area contributed by atoms with Gasteiger partial charge in [-0.25, -0.2) is 0 Å². The molecule has 2 amide bonds. The summed E-state index contributed by atoms with van der Waals surface area (Å²) in [7, 11) is 0. The molecule has 1 aromatic carbocycles. The smallest absolute Gasteiger partial charge is 0.261 e. The maximum Gasteiger partial charge on any atom is 0.261 e. The minimum atomic E-state index is -0.114. The molecule has 2 aliphatic carbocycles. The third kappa shape index (κ3) is 4.74. The Morgan fingerprint density at radius 3 is 1.76 bits per heavy atom. The number of imide groups is 1. The van der Waals surface area contributed by atoms with Crippen LogP contribution in [0.2, 0.25) is 0 Å². The number of benzene rings is 1. The number of carbonyl (C=O) groups excluding carboxylic acids is 2. The van der Waals surface area contributed by atoms with Crippen molar-refractivity contribution in [3.63, 3.8) is 0 Å². The quantitative estimate of drug-likeness (QED) is 0.435. The van der Waals surface area contributed by atoms with Crippen LogP contribution in [0.3, 0.4) is 0 Å². The van der Waals surface area contributed by atoms with Crippen molar-refractivity contribution in [3.05, 3.63) is 35.4 Å². The van der Waals surface area contributed by atoms with Gasteiger partial charge in [0.2, 0.25) is 0 Å². The van der Waals surface area contributed by atoms with Gasteiger partial charge in [0.15, 0.2) is 0 Å². The van der Waals surface area contributed by atoms with Crippen molar-refractivity contribution >= 4 is 11.8 Å². The van der Waals surface area contributed by atoms with Crippen molar-refractivity contribution in [2.75, 3.05) is 13.1 Å². The third-order valence-corrected chi connectivity index (χ3v) is 7.26. The van der Waals surface area contributed by atoms with Crippen LogP contribution in [0.1, 0.15) is 104 Å². The molecule has 0 atom stereocenters. The monoisotopic (exact) mass is 396 g/mol. The molecular weight excluding hydrogens is 360 g/mol. The Morgan fingerprint density at radius 1 is 0.724 bits per heavy atom. The first-order valence-corrected chi connectivity index (χ1v) is 12.0. The molecule has 158 valence electrons. The van der Waals surface area contributed by atoms with Gasteiger partial charge in [-0.15, -0.1) is 0 Å². The van der Waals surface area contributed by atoms with Crippen molar-refractivity contribution in [3.8, 4) is 0 Å². The van der Waals surface area contributed by atoms with Gasteiger partial charge < -0.3 is 0 Å². The van der Waals surface area contributed by atoms with Crippen LogP contribution in [-0.4, -0.2) is 46.8 Å². The van der Waals surface area contributed by atoms with Gasteiger partial charge in [0, 0.05) is 18.6 Å². The second-order valence-corrected chi connectivity index (χ2v) is 9.19. The molecule has 0 N–H and O–H groups in total. The van der Waals surface area contributed by atoms with Crippen LogP contribution < -0.4 is 0 Å². The summed E-state index contributed by atoms with van der Waals surface area (Å²) in [6, 6.07) is 8.78. The predicted octanol–water partition coefficient (Wildman–Crippen LogP) is 5.42. The fraction of sp³-hybridized carbons (Fsp3) is 0.680. The molecule has 29 heavy (non-hydrogen) atoms. The van der Waals surface area contributed by atoms with E-state index in [-0.39, 0.29) is 11.8 Å². The summed E-state index contributed by atoms with van der Waals surface area (Å²) in [6.45, 7) is 1.75. The third-order valence-electron chi connectivity index (χ3n) is 7.26. The molecule has 0 aromatic heterocycles. The number of rotatable bonds is 8. The van der Waals surface area contributed by atoms with Gasteiger partial charge in [-0.3, -0.25) is 19.4 Å². The second kappa shape index (κ2) is 9.88. The fourth-order valence-electron chi connectivity index (χ4n) is 5.67. The number of hydrogen-bond acceptors (Lipinski definition) is 3. The van der Waals surface area contributed by atoms with E-state index in [9.17, 15) is 9.59 Å². The molecule has 3 aliphatic rings. The van der Waals surface area contributed by atoms with E-state index in [1.165, 1.54) is 82.1 Å². The number of amides is 2. The summed E-state index contributed by atoms with van der Waals surface area (Å²) in [6.07, 6.45) is 17.1. The molecule has 2 fully saturated rings. The van der Waals surface area contributed by atoms with E-state index >= 15 is 0 Å². The Hall–Kier alpha value is -1.68. The van der Waals surface area contributed by atoms with Gasteiger partial charge in [0.05, 0.1) is 11.1 Å². The van der Waals surface area contributed by atoms with E-state index in [1.54, 1.807) is 12.1 Å². The van der Waals surface area contributed by atoms with E-state index in [1.807, 2.05) is 12.1 Å². The summed E-state index contributed by atoms with van der Waals surface area (Å²) in [5, 5.41) is 0. The van der Waals surface area contributed by atoms with E-state index in [2.05, 4.69) is 4.90 Å². The predicted molar refractivity (Wildman–Crippen MR) is 116 cm³/mol. The molecule has 2 saturated carbocycles. The maximum atomic E-state index is 12.5. The molecule has 0 unspecified atom stereocenters. The number of fused-ring (bicyclic) bond motifs is 1. The summed E-state index contributed by atoms with van der Waals surface area (Å²) < 4.78 is 0. The van der Waals surface area contributed by atoms with Crippen LogP contribution in [-0.2, 0) is 0 Å². The zero-order valence-electron chi connectivity index (χ0n) is 17.8. The summed E-state index contributed by atoms with van der Waals surface area (Å²) in [4.78, 5) is 29.3. The first-order chi connectivity index (χ1) is 14.3. The molecule has 4 nitrogen and oxygen atoms in total. The minimum absolute atomic E-state index is 0.114. The van der Waals surface area contributed by atoms with E-state index in [0.29, 0.717) is 17.7 Å². The molecule has 4 heteroatoms.